The highest BCUT2D eigenvalue weighted by molar-refractivity contribution is 4.82. The second kappa shape index (κ2) is 7.28. The molecule has 0 radical (unpaired) electrons. The summed E-state index contributed by atoms with van der Waals surface area (Å²) in [6.45, 7) is 8.64. The predicted octanol–water partition coefficient (Wildman–Crippen LogP) is -0.653. The molecule has 102 valence electrons. The van der Waals surface area contributed by atoms with Gasteiger partial charge in [0.1, 0.15) is 0 Å². The summed E-state index contributed by atoms with van der Waals surface area (Å²) >= 11 is 0. The van der Waals surface area contributed by atoms with Crippen LogP contribution in [0.1, 0.15) is 13.8 Å². The second-order valence-electron chi connectivity index (χ2n) is 5.18. The average molecular weight is 245 g/mol. The standard InChI is InChI=1S/C12H27N3O2/c1-10(2)17-9-12(16)8-15-5-4-14(3)7-11(15)6-13/h10-12,16H,4-9,13H2,1-3H3. The molecular weight excluding hydrogens is 218 g/mol. The fraction of sp³-hybridized carbons (Fsp3) is 1.00. The Morgan fingerprint density at radius 1 is 1.41 bits per heavy atom. The molecule has 2 atom stereocenters. The van der Waals surface area contributed by atoms with Crippen molar-refractivity contribution in [2.75, 3.05) is 46.4 Å². The van der Waals surface area contributed by atoms with Crippen LogP contribution in [0, 0.1) is 0 Å². The Bertz CT molecular complexity index is 214. The molecule has 0 aromatic carbocycles. The highest BCUT2D eigenvalue weighted by atomic mass is 16.5. The summed E-state index contributed by atoms with van der Waals surface area (Å²) in [5.74, 6) is 0. The van der Waals surface area contributed by atoms with E-state index in [1.54, 1.807) is 0 Å². The zero-order valence-electron chi connectivity index (χ0n) is 11.3. The van der Waals surface area contributed by atoms with Crippen LogP contribution in [-0.4, -0.2) is 79.5 Å². The second-order valence-corrected chi connectivity index (χ2v) is 5.18. The number of likely N-dealkylation sites (N-methyl/N-ethyl adjacent to an activating group) is 1. The van der Waals surface area contributed by atoms with Crippen molar-refractivity contribution in [3.63, 3.8) is 0 Å². The molecule has 1 aliphatic rings. The molecule has 0 amide bonds. The number of ether oxygens (including phenoxy) is 1. The van der Waals surface area contributed by atoms with Crippen LogP contribution >= 0.6 is 0 Å². The van der Waals surface area contributed by atoms with Gasteiger partial charge in [-0.05, 0) is 20.9 Å². The average Bonchev–Trinajstić information content (AvgIpc) is 2.28. The molecule has 2 unspecified atom stereocenters. The van der Waals surface area contributed by atoms with E-state index in [1.165, 1.54) is 0 Å². The van der Waals surface area contributed by atoms with E-state index in [2.05, 4.69) is 16.8 Å². The number of nitrogens with two attached hydrogens (primary N) is 1. The number of hydrogen-bond donors (Lipinski definition) is 2. The smallest absolute Gasteiger partial charge is 0.0900 e. The topological polar surface area (TPSA) is 62.0 Å². The Morgan fingerprint density at radius 3 is 2.71 bits per heavy atom. The van der Waals surface area contributed by atoms with Crippen LogP contribution in [0.5, 0.6) is 0 Å². The zero-order valence-corrected chi connectivity index (χ0v) is 11.3. The number of nitrogens with zero attached hydrogens (tertiary/aromatic N) is 2. The van der Waals surface area contributed by atoms with Crippen molar-refractivity contribution in [1.29, 1.82) is 0 Å². The summed E-state index contributed by atoms with van der Waals surface area (Å²) in [6.07, 6.45) is -0.252. The van der Waals surface area contributed by atoms with E-state index >= 15 is 0 Å². The van der Waals surface area contributed by atoms with E-state index in [-0.39, 0.29) is 6.10 Å². The van der Waals surface area contributed by atoms with E-state index in [0.29, 0.717) is 25.7 Å². The van der Waals surface area contributed by atoms with Crippen LogP contribution in [0.25, 0.3) is 0 Å². The van der Waals surface area contributed by atoms with Crippen molar-refractivity contribution >= 4 is 0 Å². The normalized spacial score (nSPS) is 25.4. The molecule has 5 heteroatoms. The fourth-order valence-corrected chi connectivity index (χ4v) is 2.14. The van der Waals surface area contributed by atoms with Gasteiger partial charge >= 0.3 is 0 Å². The predicted molar refractivity (Wildman–Crippen MR) is 69.0 cm³/mol. The lowest BCUT2D eigenvalue weighted by Gasteiger charge is -2.40. The summed E-state index contributed by atoms with van der Waals surface area (Å²) in [6, 6.07) is 0.349. The van der Waals surface area contributed by atoms with Crippen LogP contribution in [0.3, 0.4) is 0 Å². The van der Waals surface area contributed by atoms with Gasteiger partial charge in [-0.2, -0.15) is 0 Å². The first-order chi connectivity index (χ1) is 8.02. The minimum Gasteiger partial charge on any atom is -0.389 e. The quantitative estimate of drug-likeness (QED) is 0.651. The summed E-state index contributed by atoms with van der Waals surface area (Å²) in [5.41, 5.74) is 5.77. The Morgan fingerprint density at radius 2 is 2.12 bits per heavy atom. The first-order valence-electron chi connectivity index (χ1n) is 6.45. The van der Waals surface area contributed by atoms with Crippen molar-refractivity contribution in [3.8, 4) is 0 Å². The molecule has 1 heterocycles. The molecule has 3 N–H and O–H groups in total. The highest BCUT2D eigenvalue weighted by Gasteiger charge is 2.25. The Labute approximate surface area is 105 Å². The molecule has 1 aliphatic heterocycles. The molecule has 1 rings (SSSR count). The van der Waals surface area contributed by atoms with Gasteiger partial charge in [0.05, 0.1) is 18.8 Å². The number of aliphatic hydroxyl groups excluding tert-OH is 1. The van der Waals surface area contributed by atoms with Crippen LogP contribution in [0.4, 0.5) is 0 Å². The number of β-amino-alcohol motifs (C(OH)–C–C–N with tert-alkyl or cyclic N) is 1. The minimum absolute atomic E-state index is 0.169. The molecule has 0 aromatic rings. The van der Waals surface area contributed by atoms with Crippen molar-refractivity contribution in [1.82, 2.24) is 9.80 Å². The van der Waals surface area contributed by atoms with E-state index < -0.39 is 6.10 Å². The molecule has 0 bridgehead atoms. The molecule has 17 heavy (non-hydrogen) atoms. The summed E-state index contributed by atoms with van der Waals surface area (Å²) < 4.78 is 5.42. The van der Waals surface area contributed by atoms with Gasteiger partial charge in [0.2, 0.25) is 0 Å². The number of piperazine rings is 1. The third-order valence-corrected chi connectivity index (χ3v) is 3.15. The van der Waals surface area contributed by atoms with Crippen LogP contribution < -0.4 is 5.73 Å². The fourth-order valence-electron chi connectivity index (χ4n) is 2.14. The summed E-state index contributed by atoms with van der Waals surface area (Å²) in [7, 11) is 2.11. The van der Waals surface area contributed by atoms with Gasteiger partial charge < -0.3 is 20.5 Å². The van der Waals surface area contributed by atoms with Crippen molar-refractivity contribution in [3.05, 3.63) is 0 Å². The Kier molecular flexibility index (Phi) is 6.37. The maximum Gasteiger partial charge on any atom is 0.0900 e. The zero-order chi connectivity index (χ0) is 12.8. The molecule has 0 aromatic heterocycles. The lowest BCUT2D eigenvalue weighted by atomic mass is 10.1. The number of rotatable bonds is 6. The molecule has 1 saturated heterocycles. The minimum atomic E-state index is -0.421. The molecule has 0 spiro atoms. The highest BCUT2D eigenvalue weighted by Crippen LogP contribution is 2.08. The Hall–Kier alpha value is -0.200. The van der Waals surface area contributed by atoms with Gasteiger partial charge in [-0.15, -0.1) is 0 Å². The molecule has 0 aliphatic carbocycles. The van der Waals surface area contributed by atoms with Gasteiger partial charge in [0, 0.05) is 38.8 Å². The monoisotopic (exact) mass is 245 g/mol. The number of aliphatic hydroxyl groups is 1. The first kappa shape index (κ1) is 14.9. The lowest BCUT2D eigenvalue weighted by Crippen LogP contribution is -2.56. The SMILES string of the molecule is CC(C)OCC(O)CN1CCN(C)CC1CN. The summed E-state index contributed by atoms with van der Waals surface area (Å²) in [4.78, 5) is 4.55. The molecular formula is C12H27N3O2. The van der Waals surface area contributed by atoms with Crippen LogP contribution in [0.15, 0.2) is 0 Å². The first-order valence-corrected chi connectivity index (χ1v) is 6.45. The van der Waals surface area contributed by atoms with E-state index in [1.807, 2.05) is 13.8 Å². The van der Waals surface area contributed by atoms with Crippen molar-refractivity contribution < 1.29 is 9.84 Å². The Balaban J connectivity index is 2.33. The maximum absolute atomic E-state index is 9.91. The maximum atomic E-state index is 9.91. The van der Waals surface area contributed by atoms with E-state index in [4.69, 9.17) is 10.5 Å². The van der Waals surface area contributed by atoms with Gasteiger partial charge in [0.15, 0.2) is 0 Å². The van der Waals surface area contributed by atoms with Gasteiger partial charge in [0.25, 0.3) is 0 Å². The van der Waals surface area contributed by atoms with Crippen molar-refractivity contribution in [2.24, 2.45) is 5.73 Å². The summed E-state index contributed by atoms with van der Waals surface area (Å²) in [5, 5.41) is 9.91. The van der Waals surface area contributed by atoms with Crippen LogP contribution in [-0.2, 0) is 4.74 Å². The largest absolute Gasteiger partial charge is 0.389 e. The lowest BCUT2D eigenvalue weighted by molar-refractivity contribution is -0.0229. The third-order valence-electron chi connectivity index (χ3n) is 3.15. The van der Waals surface area contributed by atoms with Gasteiger partial charge in [-0.25, -0.2) is 0 Å². The van der Waals surface area contributed by atoms with E-state index in [0.717, 1.165) is 19.6 Å². The van der Waals surface area contributed by atoms with Gasteiger partial charge in [-0.3, -0.25) is 4.90 Å². The molecule has 5 nitrogen and oxygen atoms in total. The van der Waals surface area contributed by atoms with Gasteiger partial charge in [-0.1, -0.05) is 0 Å². The molecule has 1 fully saturated rings. The van der Waals surface area contributed by atoms with Crippen molar-refractivity contribution in [2.45, 2.75) is 32.1 Å². The van der Waals surface area contributed by atoms with E-state index in [9.17, 15) is 5.11 Å². The van der Waals surface area contributed by atoms with Crippen LogP contribution in [0.2, 0.25) is 0 Å². The number of hydrogen-bond acceptors (Lipinski definition) is 5. The molecule has 0 saturated carbocycles. The third kappa shape index (κ3) is 5.31.